The number of nitrogens with one attached hydrogen (secondary N) is 1. The fourth-order valence-corrected chi connectivity index (χ4v) is 3.12. The van der Waals surface area contributed by atoms with Gasteiger partial charge in [-0.05, 0) is 36.4 Å². The lowest BCUT2D eigenvalue weighted by Crippen LogP contribution is -2.22. The number of furan rings is 1. The van der Waals surface area contributed by atoms with Crippen molar-refractivity contribution in [2.45, 2.75) is 11.4 Å². The van der Waals surface area contributed by atoms with Crippen LogP contribution in [0, 0.1) is 0 Å². The predicted molar refractivity (Wildman–Crippen MR) is 83.2 cm³/mol. The SMILES string of the molecule is COc1ccc(S(=O)(=O)NCc2cc3ccccc3o2)cc1. The van der Waals surface area contributed by atoms with Crippen LogP contribution >= 0.6 is 0 Å². The van der Waals surface area contributed by atoms with E-state index in [2.05, 4.69) is 4.72 Å². The first kappa shape index (κ1) is 14.6. The molecule has 114 valence electrons. The Bertz CT molecular complexity index is 849. The van der Waals surface area contributed by atoms with Gasteiger partial charge in [0.2, 0.25) is 10.0 Å². The Morgan fingerprint density at radius 2 is 1.82 bits per heavy atom. The molecule has 0 amide bonds. The third kappa shape index (κ3) is 2.98. The molecule has 22 heavy (non-hydrogen) atoms. The maximum atomic E-state index is 12.2. The second-order valence-corrected chi connectivity index (χ2v) is 6.52. The van der Waals surface area contributed by atoms with Gasteiger partial charge in [-0.2, -0.15) is 0 Å². The van der Waals surface area contributed by atoms with Crippen molar-refractivity contribution in [2.75, 3.05) is 7.11 Å². The number of rotatable bonds is 5. The molecule has 5 nitrogen and oxygen atoms in total. The van der Waals surface area contributed by atoms with Gasteiger partial charge in [-0.1, -0.05) is 18.2 Å². The minimum Gasteiger partial charge on any atom is -0.497 e. The summed E-state index contributed by atoms with van der Waals surface area (Å²) in [6.45, 7) is 0.100. The molecule has 0 aliphatic carbocycles. The number of benzene rings is 2. The second-order valence-electron chi connectivity index (χ2n) is 4.75. The molecule has 0 aliphatic rings. The van der Waals surface area contributed by atoms with Crippen molar-refractivity contribution in [3.63, 3.8) is 0 Å². The smallest absolute Gasteiger partial charge is 0.240 e. The van der Waals surface area contributed by atoms with E-state index in [1.165, 1.54) is 19.2 Å². The van der Waals surface area contributed by atoms with Gasteiger partial charge in [-0.3, -0.25) is 0 Å². The van der Waals surface area contributed by atoms with E-state index in [0.29, 0.717) is 11.5 Å². The molecule has 0 atom stereocenters. The van der Waals surface area contributed by atoms with E-state index in [4.69, 9.17) is 9.15 Å². The van der Waals surface area contributed by atoms with Crippen molar-refractivity contribution in [3.05, 3.63) is 60.4 Å². The Morgan fingerprint density at radius 1 is 1.09 bits per heavy atom. The van der Waals surface area contributed by atoms with Crippen LogP contribution in [-0.2, 0) is 16.6 Å². The van der Waals surface area contributed by atoms with Crippen molar-refractivity contribution in [1.82, 2.24) is 4.72 Å². The molecule has 0 spiro atoms. The quantitative estimate of drug-likeness (QED) is 0.785. The largest absolute Gasteiger partial charge is 0.497 e. The van der Waals surface area contributed by atoms with Crippen LogP contribution in [0.3, 0.4) is 0 Å². The van der Waals surface area contributed by atoms with Crippen LogP contribution in [0.15, 0.2) is 63.9 Å². The van der Waals surface area contributed by atoms with Crippen LogP contribution in [0.1, 0.15) is 5.76 Å². The third-order valence-electron chi connectivity index (χ3n) is 3.28. The fraction of sp³-hybridized carbons (Fsp3) is 0.125. The van der Waals surface area contributed by atoms with E-state index in [-0.39, 0.29) is 11.4 Å². The molecule has 3 aromatic rings. The van der Waals surface area contributed by atoms with Crippen molar-refractivity contribution in [3.8, 4) is 5.75 Å². The summed E-state index contributed by atoms with van der Waals surface area (Å²) < 4.78 is 37.6. The molecule has 0 aliphatic heterocycles. The topological polar surface area (TPSA) is 68.5 Å². The van der Waals surface area contributed by atoms with E-state index in [0.717, 1.165) is 11.0 Å². The number of hydrogen-bond acceptors (Lipinski definition) is 4. The zero-order valence-electron chi connectivity index (χ0n) is 11.9. The summed E-state index contributed by atoms with van der Waals surface area (Å²) in [5.41, 5.74) is 0.737. The molecule has 0 saturated carbocycles. The highest BCUT2D eigenvalue weighted by molar-refractivity contribution is 7.89. The Balaban J connectivity index is 1.76. The van der Waals surface area contributed by atoms with Crippen molar-refractivity contribution < 1.29 is 17.6 Å². The highest BCUT2D eigenvalue weighted by Crippen LogP contribution is 2.20. The van der Waals surface area contributed by atoms with Crippen molar-refractivity contribution >= 4 is 21.0 Å². The maximum Gasteiger partial charge on any atom is 0.240 e. The summed E-state index contributed by atoms with van der Waals surface area (Å²) in [5, 5.41) is 0.946. The standard InChI is InChI=1S/C16H15NO4S/c1-20-13-6-8-15(9-7-13)22(18,19)17-11-14-10-12-4-2-3-5-16(12)21-14/h2-10,17H,11H2,1H3. The summed E-state index contributed by atoms with van der Waals surface area (Å²) in [5.74, 6) is 1.18. The van der Waals surface area contributed by atoms with Crippen LogP contribution in [-0.4, -0.2) is 15.5 Å². The Hall–Kier alpha value is -2.31. The Kier molecular flexibility index (Phi) is 3.87. The summed E-state index contributed by atoms with van der Waals surface area (Å²) in [6.07, 6.45) is 0. The number of methoxy groups -OCH3 is 1. The van der Waals surface area contributed by atoms with Gasteiger partial charge in [0.1, 0.15) is 17.1 Å². The first-order chi connectivity index (χ1) is 10.6. The minimum absolute atomic E-state index is 0.100. The predicted octanol–water partition coefficient (Wildman–Crippen LogP) is 2.92. The summed E-state index contributed by atoms with van der Waals surface area (Å²) >= 11 is 0. The zero-order chi connectivity index (χ0) is 15.6. The molecule has 1 heterocycles. The number of sulfonamides is 1. The van der Waals surface area contributed by atoms with E-state index in [9.17, 15) is 8.42 Å². The van der Waals surface area contributed by atoms with Gasteiger partial charge < -0.3 is 9.15 Å². The molecule has 0 unspecified atom stereocenters. The normalized spacial score (nSPS) is 11.7. The monoisotopic (exact) mass is 317 g/mol. The molecule has 0 saturated heterocycles. The summed E-state index contributed by atoms with van der Waals surface area (Å²) in [4.78, 5) is 0.185. The third-order valence-corrected chi connectivity index (χ3v) is 4.70. The van der Waals surface area contributed by atoms with Crippen LogP contribution in [0.2, 0.25) is 0 Å². The molecular formula is C16H15NO4S. The average molecular weight is 317 g/mol. The molecule has 2 aromatic carbocycles. The average Bonchev–Trinajstić information content (AvgIpc) is 2.96. The highest BCUT2D eigenvalue weighted by Gasteiger charge is 2.15. The van der Waals surface area contributed by atoms with E-state index >= 15 is 0 Å². The number of ether oxygens (including phenoxy) is 1. The molecule has 0 fully saturated rings. The second kappa shape index (κ2) is 5.82. The zero-order valence-corrected chi connectivity index (χ0v) is 12.8. The van der Waals surface area contributed by atoms with Gasteiger partial charge in [0, 0.05) is 5.39 Å². The van der Waals surface area contributed by atoms with Gasteiger partial charge in [-0.25, -0.2) is 13.1 Å². The first-order valence-corrected chi connectivity index (χ1v) is 8.18. The van der Waals surface area contributed by atoms with Gasteiger partial charge in [0.15, 0.2) is 0 Å². The lowest BCUT2D eigenvalue weighted by molar-refractivity contribution is 0.414. The van der Waals surface area contributed by atoms with Crippen molar-refractivity contribution in [1.29, 1.82) is 0 Å². The summed E-state index contributed by atoms with van der Waals surface area (Å²) in [7, 11) is -2.06. The molecule has 6 heteroatoms. The van der Waals surface area contributed by atoms with E-state index in [1.54, 1.807) is 12.1 Å². The van der Waals surface area contributed by atoms with Gasteiger partial charge in [-0.15, -0.1) is 0 Å². The molecule has 1 N–H and O–H groups in total. The van der Waals surface area contributed by atoms with Crippen LogP contribution < -0.4 is 9.46 Å². The first-order valence-electron chi connectivity index (χ1n) is 6.70. The lowest BCUT2D eigenvalue weighted by atomic mass is 10.2. The molecule has 1 aromatic heterocycles. The number of hydrogen-bond donors (Lipinski definition) is 1. The lowest BCUT2D eigenvalue weighted by Gasteiger charge is -2.06. The summed E-state index contributed by atoms with van der Waals surface area (Å²) in [6, 6.07) is 15.6. The van der Waals surface area contributed by atoms with Crippen LogP contribution in [0.4, 0.5) is 0 Å². The van der Waals surface area contributed by atoms with Crippen molar-refractivity contribution in [2.24, 2.45) is 0 Å². The van der Waals surface area contributed by atoms with Gasteiger partial charge >= 0.3 is 0 Å². The number of para-hydroxylation sites is 1. The molecule has 0 radical (unpaired) electrons. The molecule has 3 rings (SSSR count). The fourth-order valence-electron chi connectivity index (χ4n) is 2.13. The van der Waals surface area contributed by atoms with Gasteiger partial charge in [0.05, 0.1) is 18.6 Å². The number of fused-ring (bicyclic) bond motifs is 1. The Labute approximate surface area is 128 Å². The molecule has 0 bridgehead atoms. The highest BCUT2D eigenvalue weighted by atomic mass is 32.2. The van der Waals surface area contributed by atoms with E-state index in [1.807, 2.05) is 30.3 Å². The van der Waals surface area contributed by atoms with E-state index < -0.39 is 10.0 Å². The maximum absolute atomic E-state index is 12.2. The Morgan fingerprint density at radius 3 is 2.50 bits per heavy atom. The minimum atomic E-state index is -3.59. The van der Waals surface area contributed by atoms with Crippen LogP contribution in [0.5, 0.6) is 5.75 Å². The van der Waals surface area contributed by atoms with Gasteiger partial charge in [0.25, 0.3) is 0 Å². The van der Waals surface area contributed by atoms with Crippen LogP contribution in [0.25, 0.3) is 11.0 Å². The molecular weight excluding hydrogens is 302 g/mol.